The molecule has 0 fully saturated rings. The maximum absolute atomic E-state index is 12.0. The van der Waals surface area contributed by atoms with Crippen LogP contribution in [0, 0.1) is 0 Å². The number of benzene rings is 1. The number of pyridine rings is 2. The Labute approximate surface area is 138 Å². The van der Waals surface area contributed by atoms with Crippen LogP contribution >= 0.6 is 0 Å². The Balaban J connectivity index is 1.73. The summed E-state index contributed by atoms with van der Waals surface area (Å²) in [4.78, 5) is 30.4. The van der Waals surface area contributed by atoms with E-state index in [0.29, 0.717) is 17.0 Å². The molecule has 1 aromatic carbocycles. The highest BCUT2D eigenvalue weighted by Gasteiger charge is 2.07. The Morgan fingerprint density at radius 2 is 2.17 bits per heavy atom. The number of aromatic nitrogens is 2. The molecule has 24 heavy (non-hydrogen) atoms. The van der Waals surface area contributed by atoms with Crippen molar-refractivity contribution in [1.82, 2.24) is 9.97 Å². The average Bonchev–Trinajstić information content (AvgIpc) is 2.59. The average molecular weight is 323 g/mol. The Morgan fingerprint density at radius 1 is 1.29 bits per heavy atom. The third kappa shape index (κ3) is 3.60. The monoisotopic (exact) mass is 323 g/mol. The Bertz CT molecular complexity index is 920. The molecule has 3 aromatic rings. The molecule has 0 saturated heterocycles. The standard InChI is InChI=1S/C18H17N3O3/c1-2-12-8-17(22)21-16-9-13(5-6-15(12)16)20-18(23)11-24-14-4-3-7-19-10-14/h3-10H,2,11H2,1H3,(H,20,23)(H,21,22). The molecule has 0 unspecified atom stereocenters. The van der Waals surface area contributed by atoms with Crippen LogP contribution in [0.3, 0.4) is 0 Å². The molecule has 1 amide bonds. The van der Waals surface area contributed by atoms with Crippen LogP contribution < -0.4 is 15.6 Å². The van der Waals surface area contributed by atoms with E-state index in [0.717, 1.165) is 17.4 Å². The summed E-state index contributed by atoms with van der Waals surface area (Å²) in [5, 5.41) is 3.73. The molecule has 0 saturated carbocycles. The first-order chi connectivity index (χ1) is 11.7. The van der Waals surface area contributed by atoms with Crippen LogP contribution in [-0.2, 0) is 11.2 Å². The summed E-state index contributed by atoms with van der Waals surface area (Å²) in [6.07, 6.45) is 3.94. The predicted octanol–water partition coefficient (Wildman–Crippen LogP) is 2.50. The van der Waals surface area contributed by atoms with Gasteiger partial charge in [-0.25, -0.2) is 0 Å². The molecule has 3 rings (SSSR count). The van der Waals surface area contributed by atoms with Crippen molar-refractivity contribution in [3.05, 3.63) is 64.7 Å². The topological polar surface area (TPSA) is 84.1 Å². The van der Waals surface area contributed by atoms with E-state index in [9.17, 15) is 9.59 Å². The van der Waals surface area contributed by atoms with Gasteiger partial charge in [0.1, 0.15) is 5.75 Å². The van der Waals surface area contributed by atoms with Crippen molar-refractivity contribution in [2.45, 2.75) is 13.3 Å². The number of aromatic amines is 1. The molecule has 0 aliphatic rings. The number of hydrogen-bond acceptors (Lipinski definition) is 4. The summed E-state index contributed by atoms with van der Waals surface area (Å²) in [7, 11) is 0. The maximum Gasteiger partial charge on any atom is 0.262 e. The number of carbonyl (C=O) groups excluding carboxylic acids is 1. The molecule has 0 radical (unpaired) electrons. The number of H-pyrrole nitrogens is 1. The van der Waals surface area contributed by atoms with E-state index in [4.69, 9.17) is 4.74 Å². The lowest BCUT2D eigenvalue weighted by Crippen LogP contribution is -2.20. The zero-order valence-corrected chi connectivity index (χ0v) is 13.2. The third-order valence-electron chi connectivity index (χ3n) is 3.60. The smallest absolute Gasteiger partial charge is 0.262 e. The molecule has 0 aliphatic carbocycles. The van der Waals surface area contributed by atoms with Crippen LogP contribution in [-0.4, -0.2) is 22.5 Å². The van der Waals surface area contributed by atoms with Crippen LogP contribution in [0.5, 0.6) is 5.75 Å². The molecule has 2 N–H and O–H groups in total. The van der Waals surface area contributed by atoms with Gasteiger partial charge < -0.3 is 15.0 Å². The molecule has 6 nitrogen and oxygen atoms in total. The molecule has 2 heterocycles. The number of amides is 1. The first-order valence-corrected chi connectivity index (χ1v) is 7.64. The molecule has 0 spiro atoms. The third-order valence-corrected chi connectivity index (χ3v) is 3.60. The van der Waals surface area contributed by atoms with Gasteiger partial charge in [0, 0.05) is 23.3 Å². The van der Waals surface area contributed by atoms with Crippen molar-refractivity contribution < 1.29 is 9.53 Å². The zero-order chi connectivity index (χ0) is 16.9. The van der Waals surface area contributed by atoms with Gasteiger partial charge in [0.2, 0.25) is 5.56 Å². The number of carbonyl (C=O) groups is 1. The molecule has 0 bridgehead atoms. The Morgan fingerprint density at radius 3 is 2.92 bits per heavy atom. The normalized spacial score (nSPS) is 10.5. The largest absolute Gasteiger partial charge is 0.482 e. The SMILES string of the molecule is CCc1cc(=O)[nH]c2cc(NC(=O)COc3cccnc3)ccc12. The van der Waals surface area contributed by atoms with E-state index in [1.54, 1.807) is 36.7 Å². The highest BCUT2D eigenvalue weighted by Crippen LogP contribution is 2.20. The lowest BCUT2D eigenvalue weighted by molar-refractivity contribution is -0.118. The van der Waals surface area contributed by atoms with Gasteiger partial charge in [-0.1, -0.05) is 13.0 Å². The van der Waals surface area contributed by atoms with Crippen LogP contribution in [0.15, 0.2) is 53.6 Å². The highest BCUT2D eigenvalue weighted by molar-refractivity contribution is 5.94. The van der Waals surface area contributed by atoms with E-state index in [1.165, 1.54) is 0 Å². The minimum absolute atomic E-state index is 0.116. The van der Waals surface area contributed by atoms with Crippen LogP contribution in [0.4, 0.5) is 5.69 Å². The number of ether oxygens (including phenoxy) is 1. The number of nitrogens with zero attached hydrogens (tertiary/aromatic N) is 1. The molecule has 122 valence electrons. The molecule has 0 atom stereocenters. The second-order valence-electron chi connectivity index (χ2n) is 5.30. The van der Waals surface area contributed by atoms with Crippen molar-refractivity contribution >= 4 is 22.5 Å². The van der Waals surface area contributed by atoms with Gasteiger partial charge >= 0.3 is 0 Å². The van der Waals surface area contributed by atoms with E-state index < -0.39 is 0 Å². The summed E-state index contributed by atoms with van der Waals surface area (Å²) >= 11 is 0. The number of fused-ring (bicyclic) bond motifs is 1. The lowest BCUT2D eigenvalue weighted by atomic mass is 10.1. The fraction of sp³-hybridized carbons (Fsp3) is 0.167. The fourth-order valence-electron chi connectivity index (χ4n) is 2.48. The number of rotatable bonds is 5. The minimum atomic E-state index is -0.285. The summed E-state index contributed by atoms with van der Waals surface area (Å²) in [6, 6.07) is 10.5. The zero-order valence-electron chi connectivity index (χ0n) is 13.2. The first-order valence-electron chi connectivity index (χ1n) is 7.64. The summed E-state index contributed by atoms with van der Waals surface area (Å²) in [5.41, 5.74) is 2.13. The molecular formula is C18H17N3O3. The fourth-order valence-corrected chi connectivity index (χ4v) is 2.48. The quantitative estimate of drug-likeness (QED) is 0.755. The van der Waals surface area contributed by atoms with Gasteiger partial charge in [-0.2, -0.15) is 0 Å². The van der Waals surface area contributed by atoms with E-state index >= 15 is 0 Å². The summed E-state index contributed by atoms with van der Waals surface area (Å²) in [5.74, 6) is 0.246. The second kappa shape index (κ2) is 6.95. The van der Waals surface area contributed by atoms with Crippen molar-refractivity contribution in [2.75, 3.05) is 11.9 Å². The number of nitrogens with one attached hydrogen (secondary N) is 2. The molecule has 0 aliphatic heterocycles. The summed E-state index contributed by atoms with van der Waals surface area (Å²) < 4.78 is 5.35. The lowest BCUT2D eigenvalue weighted by Gasteiger charge is -2.09. The van der Waals surface area contributed by atoms with Crippen molar-refractivity contribution in [3.63, 3.8) is 0 Å². The first kappa shape index (κ1) is 15.7. The number of anilines is 1. The van der Waals surface area contributed by atoms with E-state index in [2.05, 4.69) is 15.3 Å². The second-order valence-corrected chi connectivity index (χ2v) is 5.30. The van der Waals surface area contributed by atoms with Gasteiger partial charge in [0.05, 0.1) is 11.7 Å². The molecular weight excluding hydrogens is 306 g/mol. The van der Waals surface area contributed by atoms with Crippen LogP contribution in [0.25, 0.3) is 10.9 Å². The van der Waals surface area contributed by atoms with Crippen LogP contribution in [0.1, 0.15) is 12.5 Å². The minimum Gasteiger partial charge on any atom is -0.482 e. The number of hydrogen-bond donors (Lipinski definition) is 2. The molecule has 6 heteroatoms. The summed E-state index contributed by atoms with van der Waals surface area (Å²) in [6.45, 7) is 1.88. The predicted molar refractivity (Wildman–Crippen MR) is 92.3 cm³/mol. The number of aryl methyl sites for hydroxylation is 1. The van der Waals surface area contributed by atoms with Gasteiger partial charge in [0.15, 0.2) is 6.61 Å². The Hall–Kier alpha value is -3.15. The van der Waals surface area contributed by atoms with Gasteiger partial charge in [-0.3, -0.25) is 14.6 Å². The van der Waals surface area contributed by atoms with Crippen molar-refractivity contribution in [3.8, 4) is 5.75 Å². The maximum atomic E-state index is 12.0. The van der Waals surface area contributed by atoms with E-state index in [-0.39, 0.29) is 18.1 Å². The van der Waals surface area contributed by atoms with Crippen molar-refractivity contribution in [1.29, 1.82) is 0 Å². The van der Waals surface area contributed by atoms with Crippen molar-refractivity contribution in [2.24, 2.45) is 0 Å². The van der Waals surface area contributed by atoms with Gasteiger partial charge in [-0.15, -0.1) is 0 Å². The molecule has 2 aromatic heterocycles. The van der Waals surface area contributed by atoms with Gasteiger partial charge in [0.25, 0.3) is 5.91 Å². The van der Waals surface area contributed by atoms with E-state index in [1.807, 2.05) is 19.1 Å². The Kier molecular flexibility index (Phi) is 4.56. The van der Waals surface area contributed by atoms with Gasteiger partial charge in [-0.05, 0) is 36.2 Å². The highest BCUT2D eigenvalue weighted by atomic mass is 16.5. The van der Waals surface area contributed by atoms with Crippen LogP contribution in [0.2, 0.25) is 0 Å².